The van der Waals surface area contributed by atoms with Crippen molar-refractivity contribution in [3.05, 3.63) is 11.3 Å². The van der Waals surface area contributed by atoms with Gasteiger partial charge in [0, 0.05) is 36.9 Å². The highest BCUT2D eigenvalue weighted by Gasteiger charge is 2.34. The highest BCUT2D eigenvalue weighted by atomic mass is 32.2. The molecule has 4 nitrogen and oxygen atoms in total. The minimum absolute atomic E-state index is 0.0402. The molecule has 24 heavy (non-hydrogen) atoms. The first-order chi connectivity index (χ1) is 11.6. The molecule has 2 rings (SSSR count). The molecule has 0 spiro atoms. The third-order valence-electron chi connectivity index (χ3n) is 4.79. The fourth-order valence-electron chi connectivity index (χ4n) is 3.75. The standard InChI is InChI=1S/C19H31NO3S/c1-4-6-17(21)19-16(20-7-9-23-10-8-20)12-15(13-18(19)22)11-14(3)24-5-2/h14-15H,4-13H2,1-3H3/t14-,15+/m1/s1. The van der Waals surface area contributed by atoms with E-state index in [1.165, 1.54) is 0 Å². The number of carbonyl (C=O) groups is 2. The van der Waals surface area contributed by atoms with Crippen molar-refractivity contribution in [3.8, 4) is 0 Å². The number of allylic oxidation sites excluding steroid dienone is 2. The van der Waals surface area contributed by atoms with Gasteiger partial charge in [-0.2, -0.15) is 11.8 Å². The van der Waals surface area contributed by atoms with E-state index in [1.54, 1.807) is 0 Å². The van der Waals surface area contributed by atoms with Gasteiger partial charge in [0.25, 0.3) is 0 Å². The lowest BCUT2D eigenvalue weighted by atomic mass is 9.81. The van der Waals surface area contributed by atoms with Gasteiger partial charge in [-0.3, -0.25) is 9.59 Å². The maximum Gasteiger partial charge on any atom is 0.168 e. The topological polar surface area (TPSA) is 46.6 Å². The average molecular weight is 354 g/mol. The zero-order valence-corrected chi connectivity index (χ0v) is 16.1. The number of hydrogen-bond donors (Lipinski definition) is 0. The van der Waals surface area contributed by atoms with Gasteiger partial charge in [0.05, 0.1) is 18.8 Å². The second-order valence-electron chi connectivity index (χ2n) is 6.79. The number of nitrogens with zero attached hydrogens (tertiary/aromatic N) is 1. The molecule has 0 bridgehead atoms. The lowest BCUT2D eigenvalue weighted by Gasteiger charge is -2.37. The first-order valence-electron chi connectivity index (χ1n) is 9.30. The maximum absolute atomic E-state index is 12.8. The lowest BCUT2D eigenvalue weighted by molar-refractivity contribution is -0.123. The summed E-state index contributed by atoms with van der Waals surface area (Å²) in [5.41, 5.74) is 1.51. The Kier molecular flexibility index (Phi) is 7.82. The van der Waals surface area contributed by atoms with E-state index < -0.39 is 0 Å². The summed E-state index contributed by atoms with van der Waals surface area (Å²) in [4.78, 5) is 27.6. The van der Waals surface area contributed by atoms with Crippen LogP contribution in [-0.4, -0.2) is 53.8 Å². The van der Waals surface area contributed by atoms with E-state index in [9.17, 15) is 9.59 Å². The van der Waals surface area contributed by atoms with E-state index in [0.717, 1.165) is 43.8 Å². The molecule has 0 amide bonds. The summed E-state index contributed by atoms with van der Waals surface area (Å²) in [5, 5.41) is 0.562. The van der Waals surface area contributed by atoms with Gasteiger partial charge < -0.3 is 9.64 Å². The van der Waals surface area contributed by atoms with Crippen molar-refractivity contribution >= 4 is 23.3 Å². The van der Waals surface area contributed by atoms with Crippen LogP contribution in [0.1, 0.15) is 52.9 Å². The highest BCUT2D eigenvalue weighted by Crippen LogP contribution is 2.35. The van der Waals surface area contributed by atoms with Crippen molar-refractivity contribution in [2.75, 3.05) is 32.1 Å². The van der Waals surface area contributed by atoms with E-state index >= 15 is 0 Å². The maximum atomic E-state index is 12.8. The van der Waals surface area contributed by atoms with Crippen LogP contribution in [0, 0.1) is 5.92 Å². The molecule has 0 saturated carbocycles. The van der Waals surface area contributed by atoms with Gasteiger partial charge in [-0.1, -0.05) is 20.8 Å². The molecule has 0 radical (unpaired) electrons. The third kappa shape index (κ3) is 5.09. The van der Waals surface area contributed by atoms with Crippen molar-refractivity contribution in [2.45, 2.75) is 58.1 Å². The summed E-state index contributed by atoms with van der Waals surface area (Å²) in [6.07, 6.45) is 3.72. The Morgan fingerprint density at radius 1 is 1.29 bits per heavy atom. The number of hydrogen-bond acceptors (Lipinski definition) is 5. The molecule has 1 aliphatic carbocycles. The van der Waals surface area contributed by atoms with Gasteiger partial charge in [0.2, 0.25) is 0 Å². The lowest BCUT2D eigenvalue weighted by Crippen LogP contribution is -2.40. The van der Waals surface area contributed by atoms with Crippen molar-refractivity contribution in [1.29, 1.82) is 0 Å². The Balaban J connectivity index is 2.21. The van der Waals surface area contributed by atoms with Crippen LogP contribution in [0.3, 0.4) is 0 Å². The number of morpholine rings is 1. The van der Waals surface area contributed by atoms with Crippen molar-refractivity contribution in [1.82, 2.24) is 4.90 Å². The number of rotatable bonds is 8. The first-order valence-corrected chi connectivity index (χ1v) is 10.4. The van der Waals surface area contributed by atoms with Crippen LogP contribution in [0.4, 0.5) is 0 Å². The molecule has 0 unspecified atom stereocenters. The second kappa shape index (κ2) is 9.62. The van der Waals surface area contributed by atoms with E-state index in [0.29, 0.717) is 42.8 Å². The fourth-order valence-corrected chi connectivity index (χ4v) is 4.73. The molecule has 1 saturated heterocycles. The molecular weight excluding hydrogens is 322 g/mol. The number of Topliss-reactive ketones (excluding diaryl/α,β-unsaturated/α-hetero) is 2. The van der Waals surface area contributed by atoms with Gasteiger partial charge in [-0.15, -0.1) is 0 Å². The second-order valence-corrected chi connectivity index (χ2v) is 8.51. The summed E-state index contributed by atoms with van der Waals surface area (Å²) in [5.74, 6) is 1.58. The van der Waals surface area contributed by atoms with E-state index in [2.05, 4.69) is 18.7 Å². The Morgan fingerprint density at radius 3 is 2.62 bits per heavy atom. The van der Waals surface area contributed by atoms with Crippen LogP contribution >= 0.6 is 11.8 Å². The van der Waals surface area contributed by atoms with E-state index in [4.69, 9.17) is 4.74 Å². The van der Waals surface area contributed by atoms with Crippen LogP contribution in [0.15, 0.2) is 11.3 Å². The Bertz CT molecular complexity index is 483. The molecule has 1 aliphatic heterocycles. The summed E-state index contributed by atoms with van der Waals surface area (Å²) < 4.78 is 5.45. The summed E-state index contributed by atoms with van der Waals surface area (Å²) in [6, 6.07) is 0. The van der Waals surface area contributed by atoms with Gasteiger partial charge in [0.15, 0.2) is 11.6 Å². The van der Waals surface area contributed by atoms with E-state index in [-0.39, 0.29) is 11.6 Å². The smallest absolute Gasteiger partial charge is 0.168 e. The van der Waals surface area contributed by atoms with Crippen LogP contribution in [0.5, 0.6) is 0 Å². The molecule has 136 valence electrons. The molecule has 5 heteroatoms. The van der Waals surface area contributed by atoms with Crippen molar-refractivity contribution in [2.24, 2.45) is 5.92 Å². The zero-order chi connectivity index (χ0) is 17.5. The molecule has 0 N–H and O–H groups in total. The Hall–Kier alpha value is -0.810. The minimum Gasteiger partial charge on any atom is -0.378 e. The largest absolute Gasteiger partial charge is 0.378 e. The Labute approximate surface area is 150 Å². The molecule has 1 fully saturated rings. The van der Waals surface area contributed by atoms with Gasteiger partial charge in [-0.05, 0) is 30.9 Å². The normalized spacial score (nSPS) is 23.5. The van der Waals surface area contributed by atoms with Crippen molar-refractivity contribution in [3.63, 3.8) is 0 Å². The predicted octanol–water partition coefficient (Wildman–Crippen LogP) is 3.45. The van der Waals surface area contributed by atoms with Crippen LogP contribution in [0.25, 0.3) is 0 Å². The monoisotopic (exact) mass is 353 g/mol. The summed E-state index contributed by atoms with van der Waals surface area (Å²) >= 11 is 1.95. The quantitative estimate of drug-likeness (QED) is 0.626. The molecule has 2 atom stereocenters. The zero-order valence-electron chi connectivity index (χ0n) is 15.3. The van der Waals surface area contributed by atoms with Crippen molar-refractivity contribution < 1.29 is 14.3 Å². The van der Waals surface area contributed by atoms with Gasteiger partial charge in [0.1, 0.15) is 0 Å². The SMILES string of the molecule is CCCC(=O)C1=C(N2CCOCC2)C[C@H](C[C@@H](C)SCC)CC1=O. The number of thioether (sulfide) groups is 1. The van der Waals surface area contributed by atoms with Crippen LogP contribution < -0.4 is 0 Å². The molecular formula is C19H31NO3S. The summed E-state index contributed by atoms with van der Waals surface area (Å²) in [6.45, 7) is 9.35. The highest BCUT2D eigenvalue weighted by molar-refractivity contribution is 7.99. The number of ether oxygens (including phenoxy) is 1. The molecule has 0 aromatic heterocycles. The summed E-state index contributed by atoms with van der Waals surface area (Å²) in [7, 11) is 0. The average Bonchev–Trinajstić information content (AvgIpc) is 2.55. The molecule has 2 aliphatic rings. The molecule has 0 aromatic carbocycles. The first kappa shape index (κ1) is 19.5. The van der Waals surface area contributed by atoms with Crippen LogP contribution in [0.2, 0.25) is 0 Å². The van der Waals surface area contributed by atoms with E-state index in [1.807, 2.05) is 18.7 Å². The van der Waals surface area contributed by atoms with Gasteiger partial charge in [-0.25, -0.2) is 0 Å². The number of carbonyl (C=O) groups excluding carboxylic acids is 2. The third-order valence-corrected chi connectivity index (χ3v) is 5.88. The minimum atomic E-state index is 0.0402. The molecule has 0 aromatic rings. The van der Waals surface area contributed by atoms with Gasteiger partial charge >= 0.3 is 0 Å². The predicted molar refractivity (Wildman–Crippen MR) is 99.3 cm³/mol. The number of ketones is 2. The fraction of sp³-hybridized carbons (Fsp3) is 0.789. The molecule has 1 heterocycles. The Morgan fingerprint density at radius 2 is 2.00 bits per heavy atom. The van der Waals surface area contributed by atoms with Crippen LogP contribution in [-0.2, 0) is 14.3 Å².